The summed E-state index contributed by atoms with van der Waals surface area (Å²) in [6.07, 6.45) is -3.14. The Morgan fingerprint density at radius 1 is 1.07 bits per heavy atom. The van der Waals surface area contributed by atoms with Crippen LogP contribution in [0.4, 0.5) is 13.2 Å². The van der Waals surface area contributed by atoms with Crippen LogP contribution in [0, 0.1) is 11.3 Å². The summed E-state index contributed by atoms with van der Waals surface area (Å²) in [6, 6.07) is 4.86. The Morgan fingerprint density at radius 2 is 1.59 bits per heavy atom. The highest BCUT2D eigenvalue weighted by molar-refractivity contribution is 5.82. The molecule has 2 rings (SSSR count). The van der Waals surface area contributed by atoms with Crippen molar-refractivity contribution in [3.8, 4) is 0 Å². The molecule has 0 radical (unpaired) electrons. The van der Waals surface area contributed by atoms with Crippen LogP contribution in [0.3, 0.4) is 0 Å². The van der Waals surface area contributed by atoms with Crippen LogP contribution in [0.2, 0.25) is 0 Å². The number of carbonyl (C=O) groups excluding carboxylic acids is 2. The summed E-state index contributed by atoms with van der Waals surface area (Å²) in [5.41, 5.74) is -0.480. The second kappa shape index (κ2) is 7.90. The van der Waals surface area contributed by atoms with Gasteiger partial charge in [0.1, 0.15) is 0 Å². The first-order chi connectivity index (χ1) is 12.4. The van der Waals surface area contributed by atoms with E-state index in [-0.39, 0.29) is 24.3 Å². The van der Waals surface area contributed by atoms with E-state index in [2.05, 4.69) is 0 Å². The van der Waals surface area contributed by atoms with E-state index in [1.165, 1.54) is 12.1 Å². The van der Waals surface area contributed by atoms with Gasteiger partial charge in [0.05, 0.1) is 5.56 Å². The molecule has 1 aromatic rings. The third-order valence-corrected chi connectivity index (χ3v) is 4.85. The van der Waals surface area contributed by atoms with Crippen LogP contribution in [-0.4, -0.2) is 41.8 Å². The number of carbonyl (C=O) groups is 2. The normalized spacial score (nSPS) is 16.3. The maximum absolute atomic E-state index is 12.6. The minimum atomic E-state index is -4.36. The minimum Gasteiger partial charge on any atom is -0.342 e. The molecule has 2 amide bonds. The van der Waals surface area contributed by atoms with Crippen LogP contribution < -0.4 is 0 Å². The van der Waals surface area contributed by atoms with Crippen LogP contribution in [0.15, 0.2) is 24.3 Å². The highest BCUT2D eigenvalue weighted by Gasteiger charge is 2.33. The lowest BCUT2D eigenvalue weighted by molar-refractivity contribution is -0.144. The fraction of sp³-hybridized carbons (Fsp3) is 0.600. The van der Waals surface area contributed by atoms with E-state index in [9.17, 15) is 22.8 Å². The molecule has 1 fully saturated rings. The maximum Gasteiger partial charge on any atom is 0.416 e. The van der Waals surface area contributed by atoms with Crippen molar-refractivity contribution in [3.63, 3.8) is 0 Å². The lowest BCUT2D eigenvalue weighted by atomic mass is 9.90. The Hall–Kier alpha value is -2.05. The van der Waals surface area contributed by atoms with Crippen LogP contribution in [0.1, 0.15) is 44.7 Å². The highest BCUT2D eigenvalue weighted by atomic mass is 19.4. The summed E-state index contributed by atoms with van der Waals surface area (Å²) in [6.45, 7) is 7.01. The molecule has 0 bridgehead atoms. The number of piperidine rings is 1. The number of halogens is 3. The van der Waals surface area contributed by atoms with Crippen LogP contribution in [0.25, 0.3) is 0 Å². The third-order valence-electron chi connectivity index (χ3n) is 4.85. The second-order valence-electron chi connectivity index (χ2n) is 8.21. The first kappa shape index (κ1) is 21.3. The molecule has 150 valence electrons. The van der Waals surface area contributed by atoms with E-state index in [1.54, 1.807) is 16.8 Å². The van der Waals surface area contributed by atoms with E-state index in [0.717, 1.165) is 12.1 Å². The van der Waals surface area contributed by atoms with E-state index < -0.39 is 17.2 Å². The average Bonchev–Trinajstić information content (AvgIpc) is 2.59. The molecule has 0 aliphatic carbocycles. The number of benzene rings is 1. The van der Waals surface area contributed by atoms with Gasteiger partial charge in [0.2, 0.25) is 11.8 Å². The number of alkyl halides is 3. The quantitative estimate of drug-likeness (QED) is 0.792. The number of likely N-dealkylation sites (tertiary alicyclic amines) is 1. The van der Waals surface area contributed by atoms with Crippen molar-refractivity contribution >= 4 is 11.8 Å². The van der Waals surface area contributed by atoms with Gasteiger partial charge >= 0.3 is 6.18 Å². The molecule has 4 nitrogen and oxygen atoms in total. The Labute approximate surface area is 158 Å². The van der Waals surface area contributed by atoms with Crippen molar-refractivity contribution < 1.29 is 22.8 Å². The molecule has 7 heteroatoms. The predicted octanol–water partition coefficient (Wildman–Crippen LogP) is 3.95. The molecule has 27 heavy (non-hydrogen) atoms. The Morgan fingerprint density at radius 3 is 2.04 bits per heavy atom. The summed E-state index contributed by atoms with van der Waals surface area (Å²) in [4.78, 5) is 28.3. The van der Waals surface area contributed by atoms with E-state index in [1.807, 2.05) is 20.8 Å². The number of amides is 2. The van der Waals surface area contributed by atoms with Gasteiger partial charge in [0, 0.05) is 38.0 Å². The molecule has 0 N–H and O–H groups in total. The Bertz CT molecular complexity index is 670. The van der Waals surface area contributed by atoms with Crippen LogP contribution >= 0.6 is 0 Å². The van der Waals surface area contributed by atoms with Crippen molar-refractivity contribution in [2.24, 2.45) is 11.3 Å². The summed E-state index contributed by atoms with van der Waals surface area (Å²) in [7, 11) is 1.66. The molecule has 1 aliphatic heterocycles. The predicted molar refractivity (Wildman–Crippen MR) is 96.7 cm³/mol. The SMILES string of the molecule is CN(Cc1ccc(C(F)(F)F)cc1)C(=O)C1CCN(C(=O)C(C)(C)C)CC1. The van der Waals surface area contributed by atoms with Crippen LogP contribution in [-0.2, 0) is 22.3 Å². The summed E-state index contributed by atoms with van der Waals surface area (Å²) >= 11 is 0. The molecular weight excluding hydrogens is 357 g/mol. The van der Waals surface area contributed by atoms with E-state index in [4.69, 9.17) is 0 Å². The van der Waals surface area contributed by atoms with Gasteiger partial charge in [-0.3, -0.25) is 9.59 Å². The zero-order valence-electron chi connectivity index (χ0n) is 16.3. The van der Waals surface area contributed by atoms with Gasteiger partial charge in [0.15, 0.2) is 0 Å². The largest absolute Gasteiger partial charge is 0.416 e. The summed E-state index contributed by atoms with van der Waals surface area (Å²) in [5.74, 6) is -0.0993. The summed E-state index contributed by atoms with van der Waals surface area (Å²) < 4.78 is 37.9. The fourth-order valence-corrected chi connectivity index (χ4v) is 3.27. The van der Waals surface area contributed by atoms with Gasteiger partial charge in [-0.05, 0) is 30.5 Å². The maximum atomic E-state index is 12.6. The zero-order chi connectivity index (χ0) is 20.4. The first-order valence-electron chi connectivity index (χ1n) is 9.10. The lowest BCUT2D eigenvalue weighted by Crippen LogP contribution is -2.46. The molecule has 1 saturated heterocycles. The average molecular weight is 384 g/mol. The van der Waals surface area contributed by atoms with Crippen molar-refractivity contribution in [2.45, 2.75) is 46.3 Å². The fourth-order valence-electron chi connectivity index (χ4n) is 3.27. The van der Waals surface area contributed by atoms with Crippen molar-refractivity contribution in [2.75, 3.05) is 20.1 Å². The van der Waals surface area contributed by atoms with Gasteiger partial charge in [-0.25, -0.2) is 0 Å². The minimum absolute atomic E-state index is 0.0299. The molecule has 0 spiro atoms. The highest BCUT2D eigenvalue weighted by Crippen LogP contribution is 2.29. The van der Waals surface area contributed by atoms with Crippen LogP contribution in [0.5, 0.6) is 0 Å². The van der Waals surface area contributed by atoms with E-state index in [0.29, 0.717) is 31.5 Å². The van der Waals surface area contributed by atoms with Gasteiger partial charge in [-0.15, -0.1) is 0 Å². The number of hydrogen-bond donors (Lipinski definition) is 0. The topological polar surface area (TPSA) is 40.6 Å². The number of rotatable bonds is 3. The smallest absolute Gasteiger partial charge is 0.342 e. The molecular formula is C20H27F3N2O2. The van der Waals surface area contributed by atoms with Gasteiger partial charge in [-0.2, -0.15) is 13.2 Å². The molecule has 1 heterocycles. The molecule has 0 unspecified atom stereocenters. The van der Waals surface area contributed by atoms with Crippen molar-refractivity contribution in [1.82, 2.24) is 9.80 Å². The third kappa shape index (κ3) is 5.47. The lowest BCUT2D eigenvalue weighted by Gasteiger charge is -2.36. The molecule has 0 aromatic heterocycles. The van der Waals surface area contributed by atoms with E-state index >= 15 is 0 Å². The molecule has 0 atom stereocenters. The second-order valence-corrected chi connectivity index (χ2v) is 8.21. The molecule has 1 aromatic carbocycles. The van der Waals surface area contributed by atoms with Gasteiger partial charge in [0.25, 0.3) is 0 Å². The van der Waals surface area contributed by atoms with Gasteiger partial charge in [-0.1, -0.05) is 32.9 Å². The zero-order valence-corrected chi connectivity index (χ0v) is 16.3. The number of nitrogens with zero attached hydrogens (tertiary/aromatic N) is 2. The monoisotopic (exact) mass is 384 g/mol. The number of hydrogen-bond acceptors (Lipinski definition) is 2. The Kier molecular flexibility index (Phi) is 6.22. The van der Waals surface area contributed by atoms with Gasteiger partial charge < -0.3 is 9.80 Å². The van der Waals surface area contributed by atoms with Crippen molar-refractivity contribution in [3.05, 3.63) is 35.4 Å². The first-order valence-corrected chi connectivity index (χ1v) is 9.10. The molecule has 1 aliphatic rings. The molecule has 0 saturated carbocycles. The summed E-state index contributed by atoms with van der Waals surface area (Å²) in [5, 5.41) is 0. The Balaban J connectivity index is 1.90. The van der Waals surface area contributed by atoms with Crippen molar-refractivity contribution in [1.29, 1.82) is 0 Å². The standard InChI is InChI=1S/C20H27F3N2O2/c1-19(2,3)18(27)25-11-9-15(10-12-25)17(26)24(4)13-14-5-7-16(8-6-14)20(21,22)23/h5-8,15H,9-13H2,1-4H3.